The van der Waals surface area contributed by atoms with Gasteiger partial charge >= 0.3 is 0 Å². The predicted octanol–water partition coefficient (Wildman–Crippen LogP) is -0.962. The van der Waals surface area contributed by atoms with Gasteiger partial charge in [0.15, 0.2) is 0 Å². The number of nitrogens with zero attached hydrogens (tertiary/aromatic N) is 1. The van der Waals surface area contributed by atoms with Gasteiger partial charge in [-0.1, -0.05) is 0 Å². The molecule has 1 aliphatic rings. The van der Waals surface area contributed by atoms with E-state index in [4.69, 9.17) is 10.3 Å². The number of hydrogen-bond acceptors (Lipinski definition) is 6. The first-order valence-electron chi connectivity index (χ1n) is 6.10. The lowest BCUT2D eigenvalue weighted by molar-refractivity contribution is -0.139. The lowest BCUT2D eigenvalue weighted by Crippen LogP contribution is -2.56. The van der Waals surface area contributed by atoms with Crippen LogP contribution in [0.1, 0.15) is 28.8 Å². The van der Waals surface area contributed by atoms with Gasteiger partial charge in [0.2, 0.25) is 11.8 Å². The van der Waals surface area contributed by atoms with Crippen molar-refractivity contribution in [1.29, 1.82) is 0 Å². The minimum absolute atomic E-state index is 0.102. The number of carbonyl (C=O) groups excluding carboxylic acids is 3. The molecule has 8 heteroatoms. The molecule has 0 saturated carbocycles. The zero-order chi connectivity index (χ0) is 14.9. The number of nitrogens with two attached hydrogens (primary N) is 1. The topological polar surface area (TPSA) is 118 Å². The zero-order valence-electron chi connectivity index (χ0n) is 11.2. The number of nitrogen functional groups attached to an aromatic ring is 1. The molecule has 1 atom stereocenters. The van der Waals surface area contributed by atoms with Crippen LogP contribution in [0, 0.1) is 6.92 Å². The monoisotopic (exact) mass is 280 g/mol. The van der Waals surface area contributed by atoms with Crippen molar-refractivity contribution < 1.29 is 18.8 Å². The summed E-state index contributed by atoms with van der Waals surface area (Å²) in [4.78, 5) is 36.1. The normalized spacial score (nSPS) is 19.9. The quantitative estimate of drug-likeness (QED) is 0.284. The molecule has 0 bridgehead atoms. The fraction of sp³-hybridized carbons (Fsp3) is 0.417. The molecular formula is C12H16N4O4. The number of aryl methyl sites for hydroxylation is 1. The molecular weight excluding hydrogens is 264 g/mol. The number of furan rings is 1. The summed E-state index contributed by atoms with van der Waals surface area (Å²) in [6.45, 7) is 3.71. The lowest BCUT2D eigenvalue weighted by Gasteiger charge is -2.30. The number of piperazine rings is 1. The number of rotatable bonds is 3. The Labute approximate surface area is 115 Å². The predicted molar refractivity (Wildman–Crippen MR) is 68.1 cm³/mol. The minimum atomic E-state index is -0.446. The van der Waals surface area contributed by atoms with Gasteiger partial charge in [-0.25, -0.2) is 5.84 Å². The number of hydrazine groups is 1. The molecule has 1 fully saturated rings. The van der Waals surface area contributed by atoms with Crippen LogP contribution in [0.25, 0.3) is 0 Å². The van der Waals surface area contributed by atoms with E-state index in [9.17, 15) is 14.4 Å². The van der Waals surface area contributed by atoms with E-state index >= 15 is 0 Å². The molecule has 108 valence electrons. The van der Waals surface area contributed by atoms with Gasteiger partial charge in [-0.15, -0.1) is 0 Å². The average Bonchev–Trinajstić information content (AvgIpc) is 2.75. The molecule has 1 aromatic heterocycles. The Hall–Kier alpha value is -2.19. The van der Waals surface area contributed by atoms with Crippen LogP contribution in [0.5, 0.6) is 0 Å². The number of amides is 3. The molecule has 3 amide bonds. The Kier molecular flexibility index (Phi) is 3.86. The molecule has 1 saturated heterocycles. The molecule has 0 radical (unpaired) electrons. The molecule has 20 heavy (non-hydrogen) atoms. The van der Waals surface area contributed by atoms with Gasteiger partial charge < -0.3 is 4.42 Å². The SMILES string of the molecule is Cc1oc(CN2CC(=O)NC(=O)C2C)cc1C(=O)NN. The van der Waals surface area contributed by atoms with Crippen molar-refractivity contribution in [1.82, 2.24) is 15.6 Å². The van der Waals surface area contributed by atoms with Crippen LogP contribution in [-0.4, -0.2) is 35.2 Å². The maximum Gasteiger partial charge on any atom is 0.268 e. The van der Waals surface area contributed by atoms with Crippen molar-refractivity contribution in [2.75, 3.05) is 6.54 Å². The third-order valence-electron chi connectivity index (χ3n) is 3.24. The van der Waals surface area contributed by atoms with E-state index in [1.165, 1.54) is 0 Å². The van der Waals surface area contributed by atoms with Gasteiger partial charge in [-0.3, -0.25) is 30.0 Å². The highest BCUT2D eigenvalue weighted by Gasteiger charge is 2.31. The van der Waals surface area contributed by atoms with Crippen LogP contribution in [-0.2, 0) is 16.1 Å². The van der Waals surface area contributed by atoms with Gasteiger partial charge in [-0.2, -0.15) is 0 Å². The Morgan fingerprint density at radius 3 is 2.95 bits per heavy atom. The molecule has 2 rings (SSSR count). The summed E-state index contributed by atoms with van der Waals surface area (Å²) < 4.78 is 5.46. The third kappa shape index (κ3) is 2.70. The Morgan fingerprint density at radius 1 is 1.60 bits per heavy atom. The smallest absolute Gasteiger partial charge is 0.268 e. The molecule has 0 aromatic carbocycles. The summed E-state index contributed by atoms with van der Waals surface area (Å²) in [6.07, 6.45) is 0. The Balaban J connectivity index is 2.15. The summed E-state index contributed by atoms with van der Waals surface area (Å²) in [6, 6.07) is 1.12. The van der Waals surface area contributed by atoms with Crippen molar-refractivity contribution in [3.8, 4) is 0 Å². The Bertz CT molecular complexity index is 566. The first-order valence-corrected chi connectivity index (χ1v) is 6.10. The molecule has 8 nitrogen and oxygen atoms in total. The van der Waals surface area contributed by atoms with Gasteiger partial charge in [0.1, 0.15) is 11.5 Å². The van der Waals surface area contributed by atoms with Crippen molar-refractivity contribution in [3.05, 3.63) is 23.2 Å². The second-order valence-corrected chi connectivity index (χ2v) is 4.65. The highest BCUT2D eigenvalue weighted by Crippen LogP contribution is 2.18. The maximum absolute atomic E-state index is 11.5. The van der Waals surface area contributed by atoms with Crippen molar-refractivity contribution in [3.63, 3.8) is 0 Å². The van der Waals surface area contributed by atoms with E-state index in [0.717, 1.165) is 0 Å². The standard InChI is InChI=1S/C12H16N4O4/c1-6-11(18)14-10(17)5-16(6)4-8-3-9(7(2)20-8)12(19)15-13/h3,6H,4-5,13H2,1-2H3,(H,15,19)(H,14,17,18). The molecule has 2 heterocycles. The molecule has 1 unspecified atom stereocenters. The van der Waals surface area contributed by atoms with Crippen LogP contribution in [0.3, 0.4) is 0 Å². The largest absolute Gasteiger partial charge is 0.464 e. The molecule has 0 aliphatic carbocycles. The van der Waals surface area contributed by atoms with Crippen LogP contribution in [0.15, 0.2) is 10.5 Å². The van der Waals surface area contributed by atoms with E-state index in [1.807, 2.05) is 5.43 Å². The zero-order valence-corrected chi connectivity index (χ0v) is 11.2. The number of carbonyl (C=O) groups is 3. The van der Waals surface area contributed by atoms with Crippen LogP contribution < -0.4 is 16.6 Å². The summed E-state index contributed by atoms with van der Waals surface area (Å²) in [5, 5.41) is 2.26. The van der Waals surface area contributed by atoms with Crippen molar-refractivity contribution >= 4 is 17.7 Å². The molecule has 1 aliphatic heterocycles. The minimum Gasteiger partial charge on any atom is -0.464 e. The van der Waals surface area contributed by atoms with Gasteiger partial charge in [0.05, 0.1) is 24.7 Å². The van der Waals surface area contributed by atoms with Gasteiger partial charge in [-0.05, 0) is 19.9 Å². The lowest BCUT2D eigenvalue weighted by atomic mass is 10.2. The summed E-state index contributed by atoms with van der Waals surface area (Å²) in [7, 11) is 0. The van der Waals surface area contributed by atoms with Crippen molar-refractivity contribution in [2.24, 2.45) is 5.84 Å². The first-order chi connectivity index (χ1) is 9.42. The summed E-state index contributed by atoms with van der Waals surface area (Å²) >= 11 is 0. The fourth-order valence-corrected chi connectivity index (χ4v) is 2.09. The average molecular weight is 280 g/mol. The van der Waals surface area contributed by atoms with Crippen molar-refractivity contribution in [2.45, 2.75) is 26.4 Å². The molecule has 4 N–H and O–H groups in total. The highest BCUT2D eigenvalue weighted by molar-refractivity contribution is 6.00. The van der Waals surface area contributed by atoms with Crippen LogP contribution in [0.2, 0.25) is 0 Å². The first kappa shape index (κ1) is 14.2. The second-order valence-electron chi connectivity index (χ2n) is 4.65. The number of nitrogens with one attached hydrogen (secondary N) is 2. The van der Waals surface area contributed by atoms with E-state index in [0.29, 0.717) is 17.1 Å². The summed E-state index contributed by atoms with van der Waals surface area (Å²) in [5.41, 5.74) is 2.37. The van der Waals surface area contributed by atoms with Gasteiger partial charge in [0, 0.05) is 0 Å². The third-order valence-corrected chi connectivity index (χ3v) is 3.24. The van der Waals surface area contributed by atoms with Gasteiger partial charge in [0.25, 0.3) is 5.91 Å². The van der Waals surface area contributed by atoms with E-state index in [2.05, 4.69) is 5.32 Å². The maximum atomic E-state index is 11.5. The van der Waals surface area contributed by atoms with E-state index in [1.54, 1.807) is 24.8 Å². The van der Waals surface area contributed by atoms with E-state index < -0.39 is 11.9 Å². The second kappa shape index (κ2) is 5.43. The Morgan fingerprint density at radius 2 is 2.30 bits per heavy atom. The summed E-state index contributed by atoms with van der Waals surface area (Å²) in [5.74, 6) is 4.87. The molecule has 0 spiro atoms. The van der Waals surface area contributed by atoms with Crippen LogP contribution >= 0.6 is 0 Å². The highest BCUT2D eigenvalue weighted by atomic mass is 16.3. The van der Waals surface area contributed by atoms with E-state index in [-0.39, 0.29) is 24.9 Å². The molecule has 1 aromatic rings. The number of imide groups is 1. The van der Waals surface area contributed by atoms with Crippen LogP contribution in [0.4, 0.5) is 0 Å². The number of hydrogen-bond donors (Lipinski definition) is 3. The fourth-order valence-electron chi connectivity index (χ4n) is 2.09.